The first-order valence-electron chi connectivity index (χ1n) is 5.82. The summed E-state index contributed by atoms with van der Waals surface area (Å²) >= 11 is 0. The van der Waals surface area contributed by atoms with Crippen LogP contribution in [0.15, 0.2) is 51.9 Å². The lowest BCUT2D eigenvalue weighted by molar-refractivity contribution is 0.104. The Morgan fingerprint density at radius 1 is 0.947 bits per heavy atom. The van der Waals surface area contributed by atoms with Gasteiger partial charge in [-0.05, 0) is 6.07 Å². The van der Waals surface area contributed by atoms with Gasteiger partial charge in [0, 0.05) is 28.9 Å². The molecule has 1 aliphatic rings. The summed E-state index contributed by atoms with van der Waals surface area (Å²) in [5.41, 5.74) is 1.23. The molecule has 1 aromatic carbocycles. The molecule has 90 valence electrons. The van der Waals surface area contributed by atoms with E-state index in [1.165, 1.54) is 12.4 Å². The van der Waals surface area contributed by atoms with Crippen molar-refractivity contribution in [1.82, 2.24) is 4.98 Å². The predicted molar refractivity (Wildman–Crippen MR) is 69.1 cm³/mol. The smallest absolute Gasteiger partial charge is 0.344 e. The lowest BCUT2D eigenvalue weighted by Crippen LogP contribution is -2.04. The fourth-order valence-electron chi connectivity index (χ4n) is 2.52. The average molecular weight is 249 g/mol. The lowest BCUT2D eigenvalue weighted by Gasteiger charge is -2.01. The first-order chi connectivity index (χ1) is 9.27. The van der Waals surface area contributed by atoms with Crippen molar-refractivity contribution in [1.29, 1.82) is 0 Å². The molecule has 3 aromatic rings. The average Bonchev–Trinajstić information content (AvgIpc) is 2.73. The molecule has 0 saturated carbocycles. The predicted octanol–water partition coefficient (Wildman–Crippen LogP) is 2.40. The Labute approximate surface area is 107 Å². The molecule has 0 N–H and O–H groups in total. The molecule has 4 heteroatoms. The van der Waals surface area contributed by atoms with E-state index in [-0.39, 0.29) is 5.78 Å². The Hall–Kier alpha value is -2.75. The minimum Gasteiger partial charge on any atom is -0.421 e. The number of benzene rings is 1. The highest BCUT2D eigenvalue weighted by molar-refractivity contribution is 6.25. The molecule has 2 heterocycles. The highest BCUT2D eigenvalue weighted by Crippen LogP contribution is 2.38. The van der Waals surface area contributed by atoms with Gasteiger partial charge < -0.3 is 4.42 Å². The lowest BCUT2D eigenvalue weighted by atomic mass is 10.1. The highest BCUT2D eigenvalue weighted by Gasteiger charge is 2.31. The standard InChI is InChI=1S/C15H7NO3/c17-13-8-3-1-2-4-9(8)14-12(13)11-7-16-6-5-10(11)15(18)19-14/h1-7H. The summed E-state index contributed by atoms with van der Waals surface area (Å²) < 4.78 is 5.33. The number of pyridine rings is 1. The van der Waals surface area contributed by atoms with Gasteiger partial charge in [0.05, 0.1) is 10.9 Å². The molecule has 2 aromatic heterocycles. The van der Waals surface area contributed by atoms with E-state index in [1.54, 1.807) is 24.3 Å². The summed E-state index contributed by atoms with van der Waals surface area (Å²) in [4.78, 5) is 28.4. The molecular weight excluding hydrogens is 242 g/mol. The number of fused-ring (bicyclic) bond motifs is 5. The maximum atomic E-state index is 12.4. The topological polar surface area (TPSA) is 60.2 Å². The fraction of sp³-hybridized carbons (Fsp3) is 0. The molecule has 0 fully saturated rings. The van der Waals surface area contributed by atoms with Gasteiger partial charge in [-0.15, -0.1) is 0 Å². The van der Waals surface area contributed by atoms with Crippen LogP contribution in [-0.2, 0) is 0 Å². The van der Waals surface area contributed by atoms with E-state index in [0.717, 1.165) is 0 Å². The summed E-state index contributed by atoms with van der Waals surface area (Å²) in [6.07, 6.45) is 3.05. The number of carbonyl (C=O) groups excluding carboxylic acids is 1. The van der Waals surface area contributed by atoms with Crippen molar-refractivity contribution in [3.63, 3.8) is 0 Å². The zero-order chi connectivity index (χ0) is 13.0. The van der Waals surface area contributed by atoms with Crippen LogP contribution >= 0.6 is 0 Å². The van der Waals surface area contributed by atoms with Crippen LogP contribution < -0.4 is 5.63 Å². The Kier molecular flexibility index (Phi) is 1.82. The molecule has 4 nitrogen and oxygen atoms in total. The van der Waals surface area contributed by atoms with E-state index in [2.05, 4.69) is 4.98 Å². The van der Waals surface area contributed by atoms with Gasteiger partial charge >= 0.3 is 5.63 Å². The van der Waals surface area contributed by atoms with Crippen molar-refractivity contribution >= 4 is 16.6 Å². The Balaban J connectivity index is 2.25. The SMILES string of the molecule is O=C1c2ccccc2-c2oc(=O)c3ccncc3c21. The molecule has 0 atom stereocenters. The summed E-state index contributed by atoms with van der Waals surface area (Å²) in [5.74, 6) is 0.235. The van der Waals surface area contributed by atoms with E-state index in [0.29, 0.717) is 33.2 Å². The van der Waals surface area contributed by atoms with Crippen LogP contribution in [0.1, 0.15) is 15.9 Å². The first-order valence-corrected chi connectivity index (χ1v) is 5.82. The van der Waals surface area contributed by atoms with E-state index < -0.39 is 5.63 Å². The Morgan fingerprint density at radius 3 is 2.58 bits per heavy atom. The third kappa shape index (κ3) is 1.20. The number of hydrogen-bond acceptors (Lipinski definition) is 4. The number of ketones is 1. The molecule has 0 bridgehead atoms. The van der Waals surface area contributed by atoms with E-state index in [9.17, 15) is 9.59 Å². The van der Waals surface area contributed by atoms with Crippen LogP contribution in [0.25, 0.3) is 22.1 Å². The summed E-state index contributed by atoms with van der Waals surface area (Å²) in [5, 5.41) is 0.935. The quantitative estimate of drug-likeness (QED) is 0.480. The van der Waals surface area contributed by atoms with Gasteiger partial charge in [0.1, 0.15) is 0 Å². The second-order valence-electron chi connectivity index (χ2n) is 4.39. The molecule has 0 amide bonds. The molecule has 0 unspecified atom stereocenters. The van der Waals surface area contributed by atoms with Gasteiger partial charge in [-0.2, -0.15) is 0 Å². The van der Waals surface area contributed by atoms with Gasteiger partial charge in [-0.3, -0.25) is 9.78 Å². The highest BCUT2D eigenvalue weighted by atomic mass is 16.4. The summed E-state index contributed by atoms with van der Waals surface area (Å²) in [7, 11) is 0. The van der Waals surface area contributed by atoms with Crippen molar-refractivity contribution < 1.29 is 9.21 Å². The number of rotatable bonds is 0. The second-order valence-corrected chi connectivity index (χ2v) is 4.39. The van der Waals surface area contributed by atoms with Crippen LogP contribution in [0.5, 0.6) is 0 Å². The molecule has 1 aliphatic carbocycles. The molecule has 4 rings (SSSR count). The van der Waals surface area contributed by atoms with Crippen LogP contribution in [0.2, 0.25) is 0 Å². The minimum atomic E-state index is -0.444. The van der Waals surface area contributed by atoms with Gasteiger partial charge in [-0.25, -0.2) is 4.79 Å². The molecule has 0 aliphatic heterocycles. The molecular formula is C15H7NO3. The Bertz CT molecular complexity index is 909. The van der Waals surface area contributed by atoms with Crippen LogP contribution in [0.3, 0.4) is 0 Å². The maximum absolute atomic E-state index is 12.4. The summed E-state index contributed by atoms with van der Waals surface area (Å²) in [6.45, 7) is 0. The molecule has 0 saturated heterocycles. The summed E-state index contributed by atoms with van der Waals surface area (Å²) in [6, 6.07) is 8.69. The zero-order valence-corrected chi connectivity index (χ0v) is 9.71. The van der Waals surface area contributed by atoms with Gasteiger partial charge in [0.15, 0.2) is 11.5 Å². The van der Waals surface area contributed by atoms with Crippen LogP contribution in [0.4, 0.5) is 0 Å². The number of hydrogen-bond donors (Lipinski definition) is 0. The minimum absolute atomic E-state index is 0.118. The third-order valence-corrected chi connectivity index (χ3v) is 3.38. The van der Waals surface area contributed by atoms with Crippen molar-refractivity contribution in [2.24, 2.45) is 0 Å². The normalized spacial score (nSPS) is 12.5. The number of carbonyl (C=O) groups is 1. The number of aromatic nitrogens is 1. The second kappa shape index (κ2) is 3.38. The molecule has 0 radical (unpaired) electrons. The number of nitrogens with zero attached hydrogens (tertiary/aromatic N) is 1. The van der Waals surface area contributed by atoms with Gasteiger partial charge in [0.2, 0.25) is 0 Å². The maximum Gasteiger partial charge on any atom is 0.344 e. The van der Waals surface area contributed by atoms with Crippen molar-refractivity contribution in [3.8, 4) is 11.3 Å². The van der Waals surface area contributed by atoms with E-state index in [4.69, 9.17) is 4.42 Å². The molecule has 0 spiro atoms. The van der Waals surface area contributed by atoms with Crippen molar-refractivity contribution in [2.45, 2.75) is 0 Å². The molecule has 19 heavy (non-hydrogen) atoms. The van der Waals surface area contributed by atoms with Gasteiger partial charge in [-0.1, -0.05) is 24.3 Å². The van der Waals surface area contributed by atoms with Crippen LogP contribution in [0, 0.1) is 0 Å². The monoisotopic (exact) mass is 249 g/mol. The largest absolute Gasteiger partial charge is 0.421 e. The third-order valence-electron chi connectivity index (χ3n) is 3.38. The Morgan fingerprint density at radius 2 is 1.74 bits per heavy atom. The van der Waals surface area contributed by atoms with E-state index in [1.807, 2.05) is 6.07 Å². The first kappa shape index (κ1) is 10.2. The fourth-order valence-corrected chi connectivity index (χ4v) is 2.52. The van der Waals surface area contributed by atoms with E-state index >= 15 is 0 Å². The van der Waals surface area contributed by atoms with Crippen molar-refractivity contribution in [3.05, 3.63) is 64.3 Å². The van der Waals surface area contributed by atoms with Gasteiger partial charge in [0.25, 0.3) is 0 Å². The zero-order valence-electron chi connectivity index (χ0n) is 9.71. The van der Waals surface area contributed by atoms with Crippen molar-refractivity contribution in [2.75, 3.05) is 0 Å². The van der Waals surface area contributed by atoms with Crippen LogP contribution in [-0.4, -0.2) is 10.8 Å².